The Kier molecular flexibility index (Phi) is 6.18. The molecule has 0 saturated heterocycles. The monoisotopic (exact) mass is 484 g/mol. The van der Waals surface area contributed by atoms with Gasteiger partial charge in [-0.1, -0.05) is 29.3 Å². The maximum Gasteiger partial charge on any atom is 0.249 e. The second-order valence-electron chi connectivity index (χ2n) is 7.20. The van der Waals surface area contributed by atoms with E-state index in [9.17, 15) is 4.79 Å². The largest absolute Gasteiger partial charge is 0.453 e. The molecule has 0 aliphatic rings. The highest BCUT2D eigenvalue weighted by Gasteiger charge is 2.21. The van der Waals surface area contributed by atoms with Gasteiger partial charge in [0, 0.05) is 16.3 Å². The van der Waals surface area contributed by atoms with E-state index >= 15 is 4.39 Å². The Hall–Kier alpha value is -3.67. The Balaban J connectivity index is 1.63. The van der Waals surface area contributed by atoms with E-state index in [-0.39, 0.29) is 50.9 Å². The number of aldehydes is 1. The fourth-order valence-corrected chi connectivity index (χ4v) is 3.82. The van der Waals surface area contributed by atoms with E-state index in [1.165, 1.54) is 30.3 Å². The van der Waals surface area contributed by atoms with Gasteiger partial charge < -0.3 is 14.1 Å². The Morgan fingerprint density at radius 1 is 1.24 bits per heavy atom. The van der Waals surface area contributed by atoms with Crippen molar-refractivity contribution in [1.82, 2.24) is 15.2 Å². The first-order valence-corrected chi connectivity index (χ1v) is 10.4. The lowest BCUT2D eigenvalue weighted by Gasteiger charge is -2.11. The van der Waals surface area contributed by atoms with Crippen molar-refractivity contribution < 1.29 is 18.3 Å². The molecule has 0 bridgehead atoms. The number of H-pyrrole nitrogens is 1. The van der Waals surface area contributed by atoms with E-state index in [4.69, 9.17) is 37.6 Å². The summed E-state index contributed by atoms with van der Waals surface area (Å²) >= 11 is 12.1. The van der Waals surface area contributed by atoms with Gasteiger partial charge >= 0.3 is 0 Å². The SMILES string of the molecule is Cc1[nH]c(C=O)c(C)c1-c1nnc(Cc2ccc(Cl)c(Oc3cc(Cl)cc(C#N)c3)c2F)o1. The second kappa shape index (κ2) is 9.06. The fourth-order valence-electron chi connectivity index (χ4n) is 3.41. The van der Waals surface area contributed by atoms with Crippen LogP contribution in [0.2, 0.25) is 10.0 Å². The number of ether oxygens (including phenoxy) is 1. The number of carbonyl (C=O) groups excluding carboxylic acids is 1. The van der Waals surface area contributed by atoms with Crippen LogP contribution < -0.4 is 4.74 Å². The van der Waals surface area contributed by atoms with Crippen molar-refractivity contribution in [3.05, 3.63) is 80.2 Å². The molecule has 0 amide bonds. The molecule has 0 atom stereocenters. The number of carbonyl (C=O) groups is 1. The van der Waals surface area contributed by atoms with Crippen LogP contribution in [0.15, 0.2) is 34.7 Å². The highest BCUT2D eigenvalue weighted by molar-refractivity contribution is 6.32. The molecule has 0 unspecified atom stereocenters. The van der Waals surface area contributed by atoms with Crippen LogP contribution in [-0.4, -0.2) is 21.5 Å². The lowest BCUT2D eigenvalue weighted by Crippen LogP contribution is -1.98. The Morgan fingerprint density at radius 3 is 2.73 bits per heavy atom. The quantitative estimate of drug-likeness (QED) is 0.327. The molecule has 0 radical (unpaired) electrons. The number of hydrogen-bond donors (Lipinski definition) is 1. The van der Waals surface area contributed by atoms with Crippen LogP contribution in [0.4, 0.5) is 4.39 Å². The van der Waals surface area contributed by atoms with Gasteiger partial charge in [0.15, 0.2) is 17.9 Å². The van der Waals surface area contributed by atoms with Gasteiger partial charge in [0.1, 0.15) is 5.75 Å². The zero-order valence-corrected chi connectivity index (χ0v) is 18.9. The number of hydrogen-bond acceptors (Lipinski definition) is 6. The third-order valence-corrected chi connectivity index (χ3v) is 5.48. The third-order valence-electron chi connectivity index (χ3n) is 4.97. The molecule has 0 aliphatic heterocycles. The number of benzene rings is 2. The van der Waals surface area contributed by atoms with E-state index in [0.29, 0.717) is 28.8 Å². The predicted molar refractivity (Wildman–Crippen MR) is 119 cm³/mol. The minimum Gasteiger partial charge on any atom is -0.453 e. The third kappa shape index (κ3) is 4.46. The maximum atomic E-state index is 15.3. The van der Waals surface area contributed by atoms with E-state index in [1.807, 2.05) is 6.07 Å². The summed E-state index contributed by atoms with van der Waals surface area (Å²) in [6.07, 6.45) is 0.696. The van der Waals surface area contributed by atoms with Gasteiger partial charge in [0.25, 0.3) is 0 Å². The molecule has 2 aromatic heterocycles. The van der Waals surface area contributed by atoms with Crippen molar-refractivity contribution in [2.45, 2.75) is 20.3 Å². The van der Waals surface area contributed by atoms with Gasteiger partial charge in [-0.15, -0.1) is 10.2 Å². The zero-order chi connectivity index (χ0) is 23.7. The van der Waals surface area contributed by atoms with Crippen LogP contribution in [0.25, 0.3) is 11.5 Å². The average Bonchev–Trinajstić information content (AvgIpc) is 3.35. The number of nitrogens with one attached hydrogen (secondary N) is 1. The standard InChI is InChI=1S/C23H15Cl2FN4O3/c1-11-18(10-31)28-12(2)20(11)23-30-29-19(33-23)7-14-3-4-17(25)22(21(14)26)32-16-6-13(9-27)5-15(24)8-16/h3-6,8,10,28H,7H2,1-2H3. The molecule has 0 fully saturated rings. The van der Waals surface area contributed by atoms with Crippen LogP contribution in [0.3, 0.4) is 0 Å². The van der Waals surface area contributed by atoms with E-state index in [0.717, 1.165) is 0 Å². The van der Waals surface area contributed by atoms with Crippen LogP contribution in [0, 0.1) is 31.0 Å². The molecule has 7 nitrogen and oxygen atoms in total. The smallest absolute Gasteiger partial charge is 0.249 e. The van der Waals surface area contributed by atoms with Gasteiger partial charge in [-0.2, -0.15) is 5.26 Å². The molecule has 10 heteroatoms. The van der Waals surface area contributed by atoms with Crippen molar-refractivity contribution in [3.63, 3.8) is 0 Å². The molecule has 33 heavy (non-hydrogen) atoms. The summed E-state index contributed by atoms with van der Waals surface area (Å²) in [7, 11) is 0. The summed E-state index contributed by atoms with van der Waals surface area (Å²) in [6.45, 7) is 3.55. The van der Waals surface area contributed by atoms with Crippen LogP contribution >= 0.6 is 23.2 Å². The summed E-state index contributed by atoms with van der Waals surface area (Å²) < 4.78 is 26.6. The molecule has 4 aromatic rings. The normalized spacial score (nSPS) is 10.8. The van der Waals surface area contributed by atoms with Crippen LogP contribution in [-0.2, 0) is 6.42 Å². The van der Waals surface area contributed by atoms with Crippen molar-refractivity contribution in [3.8, 4) is 29.0 Å². The van der Waals surface area contributed by atoms with Gasteiger partial charge in [0.05, 0.1) is 34.3 Å². The number of halogens is 3. The molecule has 2 aromatic carbocycles. The summed E-state index contributed by atoms with van der Waals surface area (Å²) in [6, 6.07) is 9.26. The summed E-state index contributed by atoms with van der Waals surface area (Å²) in [5.74, 6) is -0.370. The van der Waals surface area contributed by atoms with Crippen molar-refractivity contribution in [2.24, 2.45) is 0 Å². The Morgan fingerprint density at radius 2 is 2.03 bits per heavy atom. The first-order chi connectivity index (χ1) is 15.8. The number of aryl methyl sites for hydroxylation is 1. The van der Waals surface area contributed by atoms with E-state index in [1.54, 1.807) is 13.8 Å². The lowest BCUT2D eigenvalue weighted by molar-refractivity contribution is 0.111. The number of aromatic nitrogens is 3. The molecule has 166 valence electrons. The minimum absolute atomic E-state index is 0.0194. The molecule has 2 heterocycles. The highest BCUT2D eigenvalue weighted by atomic mass is 35.5. The van der Waals surface area contributed by atoms with Crippen LogP contribution in [0.5, 0.6) is 11.5 Å². The summed E-state index contributed by atoms with van der Waals surface area (Å²) in [5.41, 5.74) is 2.92. The number of nitriles is 1. The molecular formula is C23H15Cl2FN4O3. The van der Waals surface area contributed by atoms with Gasteiger partial charge in [-0.3, -0.25) is 4.79 Å². The maximum absolute atomic E-state index is 15.3. The molecular weight excluding hydrogens is 470 g/mol. The number of aromatic amines is 1. The molecule has 0 spiro atoms. The lowest BCUT2D eigenvalue weighted by atomic mass is 10.1. The molecule has 1 N–H and O–H groups in total. The predicted octanol–water partition coefficient (Wildman–Crippen LogP) is 6.19. The first-order valence-electron chi connectivity index (χ1n) is 9.63. The average molecular weight is 485 g/mol. The minimum atomic E-state index is -0.710. The first kappa shape index (κ1) is 22.5. The van der Waals surface area contributed by atoms with Gasteiger partial charge in [-0.25, -0.2) is 4.39 Å². The summed E-state index contributed by atoms with van der Waals surface area (Å²) in [5, 5.41) is 17.5. The van der Waals surface area contributed by atoms with Gasteiger partial charge in [-0.05, 0) is 43.7 Å². The topological polar surface area (TPSA) is 105 Å². The number of nitrogens with zero attached hydrogens (tertiary/aromatic N) is 3. The van der Waals surface area contributed by atoms with E-state index < -0.39 is 5.82 Å². The Bertz CT molecular complexity index is 1420. The van der Waals surface area contributed by atoms with Crippen molar-refractivity contribution >= 4 is 29.5 Å². The summed E-state index contributed by atoms with van der Waals surface area (Å²) in [4.78, 5) is 14.1. The zero-order valence-electron chi connectivity index (χ0n) is 17.4. The Labute approximate surface area is 197 Å². The van der Waals surface area contributed by atoms with E-state index in [2.05, 4.69) is 15.2 Å². The molecule has 4 rings (SSSR count). The fraction of sp³-hybridized carbons (Fsp3) is 0.130. The van der Waals surface area contributed by atoms with Crippen molar-refractivity contribution in [1.29, 1.82) is 5.26 Å². The second-order valence-corrected chi connectivity index (χ2v) is 8.04. The van der Waals surface area contributed by atoms with Gasteiger partial charge in [0.2, 0.25) is 11.8 Å². The van der Waals surface area contributed by atoms with Crippen LogP contribution in [0.1, 0.15) is 38.8 Å². The molecule has 0 aliphatic carbocycles. The number of rotatable bonds is 6. The van der Waals surface area contributed by atoms with Crippen molar-refractivity contribution in [2.75, 3.05) is 0 Å². The highest BCUT2D eigenvalue weighted by Crippen LogP contribution is 2.36. The molecule has 0 saturated carbocycles.